The van der Waals surface area contributed by atoms with Crippen LogP contribution in [0.2, 0.25) is 0 Å². The zero-order valence-electron chi connectivity index (χ0n) is 14.9. The number of fused-ring (bicyclic) bond motifs is 4. The summed E-state index contributed by atoms with van der Waals surface area (Å²) >= 11 is 0. The molecule has 0 aliphatic carbocycles. The van der Waals surface area contributed by atoms with Crippen molar-refractivity contribution in [2.24, 2.45) is 5.92 Å². The number of rotatable bonds is 4. The summed E-state index contributed by atoms with van der Waals surface area (Å²) in [5, 5.41) is 0. The fourth-order valence-electron chi connectivity index (χ4n) is 4.68. The maximum atomic E-state index is 13.1. The highest BCUT2D eigenvalue weighted by molar-refractivity contribution is 5.78. The van der Waals surface area contributed by atoms with Crippen LogP contribution in [0.5, 0.6) is 0 Å². The summed E-state index contributed by atoms with van der Waals surface area (Å²) < 4.78 is 13.1. The van der Waals surface area contributed by atoms with Gasteiger partial charge < -0.3 is 4.90 Å². The Hall–Kier alpha value is -1.46. The van der Waals surface area contributed by atoms with E-state index in [9.17, 15) is 9.18 Å². The second-order valence-electron chi connectivity index (χ2n) is 7.95. The third kappa shape index (κ3) is 4.04. The van der Waals surface area contributed by atoms with Crippen LogP contribution in [0.4, 0.5) is 4.39 Å². The van der Waals surface area contributed by atoms with E-state index in [0.29, 0.717) is 24.4 Å². The molecule has 0 saturated carbocycles. The van der Waals surface area contributed by atoms with Crippen molar-refractivity contribution < 1.29 is 9.18 Å². The molecular formula is C20H28FN3O. The van der Waals surface area contributed by atoms with Crippen molar-refractivity contribution in [3.05, 3.63) is 35.6 Å². The number of halogens is 1. The molecule has 0 N–H and O–H groups in total. The Kier molecular flexibility index (Phi) is 5.04. The first-order chi connectivity index (χ1) is 12.2. The zero-order chi connectivity index (χ0) is 17.2. The fraction of sp³-hybridized carbons (Fsp3) is 0.650. The molecule has 5 rings (SSSR count). The largest absolute Gasteiger partial charge is 0.337 e. The van der Waals surface area contributed by atoms with Gasteiger partial charge in [-0.2, -0.15) is 0 Å². The van der Waals surface area contributed by atoms with E-state index in [2.05, 4.69) is 14.7 Å². The van der Waals surface area contributed by atoms with Crippen molar-refractivity contribution in [3.63, 3.8) is 0 Å². The molecule has 0 radical (unpaired) electrons. The highest BCUT2D eigenvalue weighted by atomic mass is 19.1. The number of amides is 1. The Morgan fingerprint density at radius 3 is 2.52 bits per heavy atom. The van der Waals surface area contributed by atoms with Crippen LogP contribution in [0.15, 0.2) is 24.3 Å². The van der Waals surface area contributed by atoms with E-state index in [4.69, 9.17) is 0 Å². The molecule has 0 aromatic heterocycles. The maximum absolute atomic E-state index is 13.1. The van der Waals surface area contributed by atoms with Crippen LogP contribution in [0.25, 0.3) is 0 Å². The highest BCUT2D eigenvalue weighted by Gasteiger charge is 2.37. The summed E-state index contributed by atoms with van der Waals surface area (Å²) in [5.74, 6) is 0.709. The Morgan fingerprint density at radius 1 is 1.00 bits per heavy atom. The molecule has 1 aromatic rings. The van der Waals surface area contributed by atoms with Crippen molar-refractivity contribution in [1.29, 1.82) is 0 Å². The van der Waals surface area contributed by atoms with Crippen LogP contribution >= 0.6 is 0 Å². The number of benzene rings is 1. The molecule has 4 saturated heterocycles. The zero-order valence-corrected chi connectivity index (χ0v) is 14.9. The molecule has 1 amide bonds. The molecule has 4 fully saturated rings. The molecule has 4 aliphatic heterocycles. The highest BCUT2D eigenvalue weighted by Crippen LogP contribution is 2.29. The van der Waals surface area contributed by atoms with Gasteiger partial charge in [0.15, 0.2) is 0 Å². The van der Waals surface area contributed by atoms with Gasteiger partial charge in [0.2, 0.25) is 5.91 Å². The monoisotopic (exact) mass is 345 g/mol. The van der Waals surface area contributed by atoms with Crippen LogP contribution < -0.4 is 0 Å². The molecule has 136 valence electrons. The smallest absolute Gasteiger partial charge is 0.237 e. The van der Waals surface area contributed by atoms with E-state index >= 15 is 0 Å². The lowest BCUT2D eigenvalue weighted by atomic mass is 9.95. The van der Waals surface area contributed by atoms with Gasteiger partial charge in [0.25, 0.3) is 0 Å². The van der Waals surface area contributed by atoms with Crippen LogP contribution in [0, 0.1) is 11.7 Å². The van der Waals surface area contributed by atoms with E-state index in [1.165, 1.54) is 31.4 Å². The van der Waals surface area contributed by atoms with Gasteiger partial charge >= 0.3 is 0 Å². The summed E-state index contributed by atoms with van der Waals surface area (Å²) in [7, 11) is 0. The van der Waals surface area contributed by atoms with E-state index in [-0.39, 0.29) is 5.82 Å². The van der Waals surface area contributed by atoms with Gasteiger partial charge in [0, 0.05) is 32.2 Å². The summed E-state index contributed by atoms with van der Waals surface area (Å²) in [6, 6.07) is 7.16. The summed E-state index contributed by atoms with van der Waals surface area (Å²) in [5.41, 5.74) is 1.15. The number of hydrogen-bond donors (Lipinski definition) is 0. The quantitative estimate of drug-likeness (QED) is 0.838. The molecule has 2 atom stereocenters. The number of likely N-dealkylation sites (tertiary alicyclic amines) is 1. The third-order valence-electron chi connectivity index (χ3n) is 5.99. The summed E-state index contributed by atoms with van der Waals surface area (Å²) in [6.07, 6.45) is 4.80. The van der Waals surface area contributed by atoms with E-state index in [1.807, 2.05) is 12.1 Å². The standard InChI is InChI=1S/C20H28FN3O/c21-18-6-3-16(4-7-18)11-23-12-17-5-8-19(14-23)24(13-17)20(25)15-22-9-1-2-10-22/h3-4,6-7,17,19H,1-2,5,8-15H2/t17-,19+/m0/s1. The first kappa shape index (κ1) is 17.0. The molecular weight excluding hydrogens is 317 g/mol. The Balaban J connectivity index is 1.39. The maximum Gasteiger partial charge on any atom is 0.237 e. The van der Waals surface area contributed by atoms with Crippen molar-refractivity contribution in [3.8, 4) is 0 Å². The number of nitrogens with zero attached hydrogens (tertiary/aromatic N) is 3. The van der Waals surface area contributed by atoms with Crippen LogP contribution in [0.3, 0.4) is 0 Å². The van der Waals surface area contributed by atoms with Crippen molar-refractivity contribution in [1.82, 2.24) is 14.7 Å². The minimum absolute atomic E-state index is 0.182. The number of piperidine rings is 1. The SMILES string of the molecule is O=C(CN1CCCC1)N1C[C@H]2CC[C@@H]1CN(Cc1ccc(F)cc1)C2. The average molecular weight is 345 g/mol. The van der Waals surface area contributed by atoms with Crippen molar-refractivity contribution >= 4 is 5.91 Å². The number of carbonyl (C=O) groups is 1. The molecule has 1 aromatic carbocycles. The normalized spacial score (nSPS) is 27.6. The minimum Gasteiger partial charge on any atom is -0.337 e. The van der Waals surface area contributed by atoms with Gasteiger partial charge in [-0.1, -0.05) is 12.1 Å². The van der Waals surface area contributed by atoms with Gasteiger partial charge in [0.1, 0.15) is 5.82 Å². The Bertz CT molecular complexity index is 599. The third-order valence-corrected chi connectivity index (χ3v) is 5.99. The predicted octanol–water partition coefficient (Wildman–Crippen LogP) is 2.34. The minimum atomic E-state index is -0.182. The van der Waals surface area contributed by atoms with E-state index in [1.54, 1.807) is 0 Å². The summed E-state index contributed by atoms with van der Waals surface area (Å²) in [6.45, 7) is 6.50. The van der Waals surface area contributed by atoms with E-state index in [0.717, 1.165) is 51.3 Å². The van der Waals surface area contributed by atoms with Gasteiger partial charge in [-0.25, -0.2) is 4.39 Å². The van der Waals surface area contributed by atoms with Gasteiger partial charge in [-0.3, -0.25) is 14.6 Å². The average Bonchev–Trinajstić information content (AvgIpc) is 2.96. The molecule has 4 aliphatic rings. The second-order valence-corrected chi connectivity index (χ2v) is 7.95. The molecule has 5 heteroatoms. The van der Waals surface area contributed by atoms with Gasteiger partial charge in [0.05, 0.1) is 6.54 Å². The fourth-order valence-corrected chi connectivity index (χ4v) is 4.68. The van der Waals surface area contributed by atoms with Crippen LogP contribution in [0.1, 0.15) is 31.2 Å². The first-order valence-corrected chi connectivity index (χ1v) is 9.66. The lowest BCUT2D eigenvalue weighted by molar-refractivity contribution is -0.136. The van der Waals surface area contributed by atoms with E-state index < -0.39 is 0 Å². The lowest BCUT2D eigenvalue weighted by Gasteiger charge is -2.37. The Morgan fingerprint density at radius 2 is 1.76 bits per heavy atom. The number of carbonyl (C=O) groups excluding carboxylic acids is 1. The van der Waals surface area contributed by atoms with Crippen LogP contribution in [-0.2, 0) is 11.3 Å². The first-order valence-electron chi connectivity index (χ1n) is 9.66. The van der Waals surface area contributed by atoms with Crippen molar-refractivity contribution in [2.45, 2.75) is 38.3 Å². The lowest BCUT2D eigenvalue weighted by Crippen LogP contribution is -2.50. The molecule has 25 heavy (non-hydrogen) atoms. The van der Waals surface area contributed by atoms with Gasteiger partial charge in [-0.15, -0.1) is 0 Å². The van der Waals surface area contributed by atoms with Crippen molar-refractivity contribution in [2.75, 3.05) is 39.3 Å². The molecule has 0 unspecified atom stereocenters. The molecule has 0 spiro atoms. The van der Waals surface area contributed by atoms with Gasteiger partial charge in [-0.05, 0) is 62.4 Å². The molecule has 4 nitrogen and oxygen atoms in total. The number of hydrogen-bond acceptors (Lipinski definition) is 3. The molecule has 4 heterocycles. The molecule has 2 bridgehead atoms. The predicted molar refractivity (Wildman–Crippen MR) is 95.6 cm³/mol. The Labute approximate surface area is 149 Å². The topological polar surface area (TPSA) is 26.8 Å². The second kappa shape index (κ2) is 7.42. The van der Waals surface area contributed by atoms with Crippen LogP contribution in [-0.4, -0.2) is 65.9 Å². The summed E-state index contributed by atoms with van der Waals surface area (Å²) in [4.78, 5) is 19.7.